The van der Waals surface area contributed by atoms with Crippen LogP contribution in [0.2, 0.25) is 0 Å². The molecule has 136 valence electrons. The summed E-state index contributed by atoms with van der Waals surface area (Å²) in [6, 6.07) is 11.4. The number of carbonyl (C=O) groups excluding carboxylic acids is 1. The standard InChI is InChI=1S/C22H26N2O2/c25-20-14-18(17-10-5-2-6-11-17)21(19-12-7-13-24(19)20)22(26)23-15-16-8-3-1-4-9-16/h2,5-6,10-11,14,16H,1,3-4,7-9,12-13,15H2,(H,23,26). The van der Waals surface area contributed by atoms with Gasteiger partial charge in [-0.15, -0.1) is 0 Å². The molecule has 2 heterocycles. The molecule has 1 aliphatic carbocycles. The number of nitrogens with one attached hydrogen (secondary N) is 1. The van der Waals surface area contributed by atoms with Gasteiger partial charge in [0.15, 0.2) is 0 Å². The van der Waals surface area contributed by atoms with Gasteiger partial charge in [0.1, 0.15) is 0 Å². The highest BCUT2D eigenvalue weighted by atomic mass is 16.2. The summed E-state index contributed by atoms with van der Waals surface area (Å²) in [7, 11) is 0. The molecule has 2 aliphatic rings. The van der Waals surface area contributed by atoms with Gasteiger partial charge in [-0.05, 0) is 37.2 Å². The number of aromatic nitrogens is 1. The van der Waals surface area contributed by atoms with Crippen LogP contribution < -0.4 is 10.9 Å². The number of hydrogen-bond acceptors (Lipinski definition) is 2. The van der Waals surface area contributed by atoms with Crippen LogP contribution in [-0.4, -0.2) is 17.0 Å². The molecular formula is C22H26N2O2. The molecule has 0 spiro atoms. The molecule has 1 amide bonds. The molecule has 2 aromatic rings. The molecule has 4 nitrogen and oxygen atoms in total. The second kappa shape index (κ2) is 7.48. The zero-order chi connectivity index (χ0) is 17.9. The molecule has 1 aromatic heterocycles. The zero-order valence-corrected chi connectivity index (χ0v) is 15.2. The second-order valence-electron chi connectivity index (χ2n) is 7.55. The monoisotopic (exact) mass is 350 g/mol. The summed E-state index contributed by atoms with van der Waals surface area (Å²) >= 11 is 0. The average Bonchev–Trinajstić information content (AvgIpc) is 3.18. The fourth-order valence-corrected chi connectivity index (χ4v) is 4.42. The summed E-state index contributed by atoms with van der Waals surface area (Å²) in [5, 5.41) is 3.17. The third kappa shape index (κ3) is 3.33. The van der Waals surface area contributed by atoms with Crippen LogP contribution in [0.5, 0.6) is 0 Å². The van der Waals surface area contributed by atoms with E-state index in [0.29, 0.717) is 18.0 Å². The predicted molar refractivity (Wildman–Crippen MR) is 103 cm³/mol. The normalized spacial score (nSPS) is 17.1. The molecule has 1 saturated carbocycles. The van der Waals surface area contributed by atoms with E-state index in [1.165, 1.54) is 32.1 Å². The molecule has 1 aromatic carbocycles. The molecule has 1 aliphatic heterocycles. The zero-order valence-electron chi connectivity index (χ0n) is 15.2. The number of benzene rings is 1. The molecule has 4 heteroatoms. The van der Waals surface area contributed by atoms with Gasteiger partial charge in [0.25, 0.3) is 11.5 Å². The molecule has 1 N–H and O–H groups in total. The third-order valence-electron chi connectivity index (χ3n) is 5.80. The second-order valence-corrected chi connectivity index (χ2v) is 7.55. The van der Waals surface area contributed by atoms with Crippen molar-refractivity contribution in [1.82, 2.24) is 9.88 Å². The number of pyridine rings is 1. The molecule has 0 radical (unpaired) electrons. The van der Waals surface area contributed by atoms with E-state index < -0.39 is 0 Å². The van der Waals surface area contributed by atoms with Crippen LogP contribution in [0.15, 0.2) is 41.2 Å². The summed E-state index contributed by atoms with van der Waals surface area (Å²) in [5.41, 5.74) is 3.30. The number of nitrogens with zero attached hydrogens (tertiary/aromatic N) is 1. The van der Waals surface area contributed by atoms with E-state index >= 15 is 0 Å². The van der Waals surface area contributed by atoms with Crippen LogP contribution in [-0.2, 0) is 13.0 Å². The van der Waals surface area contributed by atoms with Gasteiger partial charge in [-0.1, -0.05) is 49.6 Å². The Morgan fingerprint density at radius 2 is 1.85 bits per heavy atom. The van der Waals surface area contributed by atoms with Crippen molar-refractivity contribution in [2.24, 2.45) is 5.92 Å². The van der Waals surface area contributed by atoms with Crippen molar-refractivity contribution in [2.75, 3.05) is 6.54 Å². The van der Waals surface area contributed by atoms with Crippen molar-refractivity contribution in [3.05, 3.63) is 58.0 Å². The Balaban J connectivity index is 1.68. The molecule has 4 rings (SSSR count). The quantitative estimate of drug-likeness (QED) is 0.912. The molecule has 1 fully saturated rings. The molecule has 0 saturated heterocycles. The summed E-state index contributed by atoms with van der Waals surface area (Å²) < 4.78 is 1.78. The van der Waals surface area contributed by atoms with E-state index in [2.05, 4.69) is 5.32 Å². The molecule has 0 bridgehead atoms. The first-order valence-corrected chi connectivity index (χ1v) is 9.84. The van der Waals surface area contributed by atoms with Gasteiger partial charge in [0.2, 0.25) is 0 Å². The van der Waals surface area contributed by atoms with Crippen LogP contribution in [0.4, 0.5) is 0 Å². The van der Waals surface area contributed by atoms with Gasteiger partial charge in [0, 0.05) is 30.4 Å². The highest BCUT2D eigenvalue weighted by Gasteiger charge is 2.25. The minimum atomic E-state index is -0.0277. The SMILES string of the molecule is O=C(NCC1CCCCC1)c1c(-c2ccccc2)cc(=O)n2c1CCC2. The number of amides is 1. The maximum Gasteiger partial charge on any atom is 0.253 e. The highest BCUT2D eigenvalue weighted by Crippen LogP contribution is 2.28. The predicted octanol–water partition coefficient (Wildman–Crippen LogP) is 3.77. The van der Waals surface area contributed by atoms with Crippen molar-refractivity contribution >= 4 is 5.91 Å². The van der Waals surface area contributed by atoms with Gasteiger partial charge in [-0.2, -0.15) is 0 Å². The Morgan fingerprint density at radius 1 is 1.08 bits per heavy atom. The third-order valence-corrected chi connectivity index (χ3v) is 5.80. The molecule has 0 unspecified atom stereocenters. The smallest absolute Gasteiger partial charge is 0.253 e. The topological polar surface area (TPSA) is 51.1 Å². The molecule has 26 heavy (non-hydrogen) atoms. The lowest BCUT2D eigenvalue weighted by Gasteiger charge is -2.22. The van der Waals surface area contributed by atoms with Crippen LogP contribution in [0, 0.1) is 5.92 Å². The maximum atomic E-state index is 13.1. The van der Waals surface area contributed by atoms with E-state index in [1.54, 1.807) is 10.6 Å². The van der Waals surface area contributed by atoms with Gasteiger partial charge in [-0.25, -0.2) is 0 Å². The lowest BCUT2D eigenvalue weighted by molar-refractivity contribution is 0.0942. The van der Waals surface area contributed by atoms with Crippen LogP contribution in [0.1, 0.15) is 54.6 Å². The number of hydrogen-bond donors (Lipinski definition) is 1. The minimum absolute atomic E-state index is 0.000170. The summed E-state index contributed by atoms with van der Waals surface area (Å²) in [6.45, 7) is 1.46. The van der Waals surface area contributed by atoms with E-state index in [-0.39, 0.29) is 11.5 Å². The van der Waals surface area contributed by atoms with E-state index in [9.17, 15) is 9.59 Å². The van der Waals surface area contributed by atoms with Crippen molar-refractivity contribution < 1.29 is 4.79 Å². The lowest BCUT2D eigenvalue weighted by atomic mass is 9.89. The highest BCUT2D eigenvalue weighted by molar-refractivity contribution is 6.02. The van der Waals surface area contributed by atoms with Gasteiger partial charge < -0.3 is 9.88 Å². The first-order valence-electron chi connectivity index (χ1n) is 9.84. The van der Waals surface area contributed by atoms with Gasteiger partial charge in [-0.3, -0.25) is 9.59 Å². The van der Waals surface area contributed by atoms with Gasteiger partial charge in [0.05, 0.1) is 5.56 Å². The average molecular weight is 350 g/mol. The van der Waals surface area contributed by atoms with Crippen LogP contribution in [0.25, 0.3) is 11.1 Å². The van der Waals surface area contributed by atoms with Crippen molar-refractivity contribution in [2.45, 2.75) is 51.5 Å². The number of carbonyl (C=O) groups is 1. The van der Waals surface area contributed by atoms with Crippen molar-refractivity contribution in [1.29, 1.82) is 0 Å². The Kier molecular flexibility index (Phi) is 4.91. The molecule has 0 atom stereocenters. The van der Waals surface area contributed by atoms with E-state index in [4.69, 9.17) is 0 Å². The van der Waals surface area contributed by atoms with Crippen LogP contribution in [0.3, 0.4) is 0 Å². The lowest BCUT2D eigenvalue weighted by Crippen LogP contribution is -2.33. The summed E-state index contributed by atoms with van der Waals surface area (Å²) in [5.74, 6) is 0.562. The van der Waals surface area contributed by atoms with Crippen molar-refractivity contribution in [3.8, 4) is 11.1 Å². The Hall–Kier alpha value is -2.36. The van der Waals surface area contributed by atoms with E-state index in [1.807, 2.05) is 30.3 Å². The summed E-state index contributed by atoms with van der Waals surface area (Å²) in [6.07, 6.45) is 7.99. The first kappa shape index (κ1) is 17.1. The summed E-state index contributed by atoms with van der Waals surface area (Å²) in [4.78, 5) is 25.6. The van der Waals surface area contributed by atoms with Crippen LogP contribution >= 0.6 is 0 Å². The van der Waals surface area contributed by atoms with Gasteiger partial charge >= 0.3 is 0 Å². The Morgan fingerprint density at radius 3 is 2.62 bits per heavy atom. The minimum Gasteiger partial charge on any atom is -0.352 e. The van der Waals surface area contributed by atoms with Crippen molar-refractivity contribution in [3.63, 3.8) is 0 Å². The largest absolute Gasteiger partial charge is 0.352 e. The first-order chi connectivity index (χ1) is 12.7. The fraction of sp³-hybridized carbons (Fsp3) is 0.455. The van der Waals surface area contributed by atoms with E-state index in [0.717, 1.165) is 36.2 Å². The number of fused-ring (bicyclic) bond motifs is 1. The number of rotatable bonds is 4. The Bertz CT molecular complexity index is 848. The maximum absolute atomic E-state index is 13.1. The Labute approximate surface area is 154 Å². The fourth-order valence-electron chi connectivity index (χ4n) is 4.42. The molecular weight excluding hydrogens is 324 g/mol.